The van der Waals surface area contributed by atoms with Crippen LogP contribution >= 0.6 is 22.9 Å². The van der Waals surface area contributed by atoms with Gasteiger partial charge in [-0.2, -0.15) is 4.99 Å². The monoisotopic (exact) mass is 352 g/mol. The fourth-order valence-corrected chi connectivity index (χ4v) is 3.65. The number of carbonyl (C=O) groups excluding carboxylic acids is 1. The molecule has 1 aromatic carbocycles. The molecule has 124 valence electrons. The summed E-state index contributed by atoms with van der Waals surface area (Å²) in [7, 11) is 3.43. The van der Waals surface area contributed by atoms with Gasteiger partial charge in [0, 0.05) is 22.6 Å². The van der Waals surface area contributed by atoms with Gasteiger partial charge in [-0.25, -0.2) is 0 Å². The number of nitrogens with zero attached hydrogens (tertiary/aromatic N) is 2. The minimum Gasteiger partial charge on any atom is -0.496 e. The van der Waals surface area contributed by atoms with E-state index in [0.29, 0.717) is 21.1 Å². The van der Waals surface area contributed by atoms with Crippen molar-refractivity contribution in [1.29, 1.82) is 0 Å². The first-order valence-electron chi connectivity index (χ1n) is 7.24. The number of methoxy groups -OCH3 is 1. The van der Waals surface area contributed by atoms with Gasteiger partial charge in [0.25, 0.3) is 5.91 Å². The Bertz CT molecular complexity index is 813. The van der Waals surface area contributed by atoms with E-state index in [1.807, 2.05) is 18.5 Å². The van der Waals surface area contributed by atoms with Crippen LogP contribution in [-0.4, -0.2) is 17.6 Å². The van der Waals surface area contributed by atoms with Crippen LogP contribution in [0.2, 0.25) is 5.02 Å². The summed E-state index contributed by atoms with van der Waals surface area (Å²) in [6.45, 7) is 8.50. The van der Waals surface area contributed by atoms with Gasteiger partial charge in [0.05, 0.1) is 12.7 Å². The molecule has 0 saturated carbocycles. The SMILES string of the molecule is COc1cc(Cl)ccc1C(=O)/N=c1\sc(C(C)(C)C)c(C)n1C. The van der Waals surface area contributed by atoms with E-state index in [0.717, 1.165) is 5.69 Å². The van der Waals surface area contributed by atoms with E-state index in [-0.39, 0.29) is 11.3 Å². The van der Waals surface area contributed by atoms with Gasteiger partial charge < -0.3 is 9.30 Å². The first-order valence-corrected chi connectivity index (χ1v) is 8.44. The van der Waals surface area contributed by atoms with E-state index in [1.165, 1.54) is 12.0 Å². The number of carbonyl (C=O) groups is 1. The maximum atomic E-state index is 12.5. The minimum atomic E-state index is -0.337. The van der Waals surface area contributed by atoms with Crippen molar-refractivity contribution in [3.63, 3.8) is 0 Å². The summed E-state index contributed by atoms with van der Waals surface area (Å²) in [5.74, 6) is 0.0917. The van der Waals surface area contributed by atoms with Gasteiger partial charge in [-0.15, -0.1) is 11.3 Å². The predicted octanol–water partition coefficient (Wildman–Crippen LogP) is 4.10. The Morgan fingerprint density at radius 3 is 2.52 bits per heavy atom. The number of ether oxygens (including phenoxy) is 1. The van der Waals surface area contributed by atoms with Crippen LogP contribution in [0.3, 0.4) is 0 Å². The van der Waals surface area contributed by atoms with Crippen molar-refractivity contribution < 1.29 is 9.53 Å². The lowest BCUT2D eigenvalue weighted by atomic mass is 9.93. The zero-order valence-electron chi connectivity index (χ0n) is 14.2. The highest BCUT2D eigenvalue weighted by Gasteiger charge is 2.21. The van der Waals surface area contributed by atoms with Crippen molar-refractivity contribution in [2.45, 2.75) is 33.1 Å². The first kappa shape index (κ1) is 17.8. The van der Waals surface area contributed by atoms with Gasteiger partial charge in [-0.05, 0) is 30.5 Å². The second-order valence-electron chi connectivity index (χ2n) is 6.37. The average molecular weight is 353 g/mol. The molecule has 1 amide bonds. The molecular weight excluding hydrogens is 332 g/mol. The maximum Gasteiger partial charge on any atom is 0.283 e. The third-order valence-electron chi connectivity index (χ3n) is 3.58. The molecule has 0 unspecified atom stereocenters. The summed E-state index contributed by atoms with van der Waals surface area (Å²) in [4.78, 5) is 18.7. The van der Waals surface area contributed by atoms with Crippen molar-refractivity contribution in [2.24, 2.45) is 12.0 Å². The molecule has 0 aliphatic heterocycles. The molecule has 1 heterocycles. The zero-order valence-corrected chi connectivity index (χ0v) is 15.8. The number of aromatic nitrogens is 1. The zero-order chi connectivity index (χ0) is 17.4. The Hall–Kier alpha value is -1.59. The van der Waals surface area contributed by atoms with Crippen LogP contribution < -0.4 is 9.54 Å². The summed E-state index contributed by atoms with van der Waals surface area (Å²) in [6, 6.07) is 4.91. The average Bonchev–Trinajstić information content (AvgIpc) is 2.75. The molecule has 1 aromatic heterocycles. The molecule has 2 rings (SSSR count). The largest absolute Gasteiger partial charge is 0.496 e. The van der Waals surface area contributed by atoms with Gasteiger partial charge >= 0.3 is 0 Å². The normalized spacial score (nSPS) is 12.6. The Labute approximate surface area is 145 Å². The lowest BCUT2D eigenvalue weighted by molar-refractivity contribution is 0.0995. The molecule has 0 saturated heterocycles. The lowest BCUT2D eigenvalue weighted by Gasteiger charge is -2.17. The standard InChI is InChI=1S/C17H21ClN2O2S/c1-10-14(17(2,3)4)23-16(20(10)5)19-15(21)12-8-7-11(18)9-13(12)22-6/h7-9H,1-6H3/b19-16-. The molecular formula is C17H21ClN2O2S. The Balaban J connectivity index is 2.53. The van der Waals surface area contributed by atoms with Crippen LogP contribution in [0, 0.1) is 6.92 Å². The quantitative estimate of drug-likeness (QED) is 0.816. The highest BCUT2D eigenvalue weighted by molar-refractivity contribution is 7.09. The summed E-state index contributed by atoms with van der Waals surface area (Å²) in [5.41, 5.74) is 1.54. The number of amides is 1. The third kappa shape index (κ3) is 3.67. The Morgan fingerprint density at radius 2 is 2.00 bits per heavy atom. The molecule has 0 aliphatic rings. The molecule has 0 N–H and O–H groups in total. The highest BCUT2D eigenvalue weighted by Crippen LogP contribution is 2.28. The van der Waals surface area contributed by atoms with E-state index in [9.17, 15) is 4.79 Å². The maximum absolute atomic E-state index is 12.5. The Kier molecular flexibility index (Phi) is 5.01. The van der Waals surface area contributed by atoms with Gasteiger partial charge in [0.1, 0.15) is 5.75 Å². The van der Waals surface area contributed by atoms with Crippen molar-refractivity contribution in [2.75, 3.05) is 7.11 Å². The van der Waals surface area contributed by atoms with Crippen LogP contribution in [0.5, 0.6) is 5.75 Å². The van der Waals surface area contributed by atoms with Gasteiger partial charge in [0.2, 0.25) is 0 Å². The summed E-state index contributed by atoms with van der Waals surface area (Å²) in [5, 5.41) is 0.519. The second kappa shape index (κ2) is 6.49. The molecule has 0 spiro atoms. The van der Waals surface area contributed by atoms with E-state index in [2.05, 4.69) is 25.8 Å². The molecule has 0 aliphatic carbocycles. The highest BCUT2D eigenvalue weighted by atomic mass is 35.5. The van der Waals surface area contributed by atoms with Crippen LogP contribution in [0.25, 0.3) is 0 Å². The predicted molar refractivity (Wildman–Crippen MR) is 94.6 cm³/mol. The minimum absolute atomic E-state index is 0.0152. The number of rotatable bonds is 2. The Morgan fingerprint density at radius 1 is 1.35 bits per heavy atom. The first-order chi connectivity index (χ1) is 10.6. The van der Waals surface area contributed by atoms with E-state index < -0.39 is 0 Å². The molecule has 0 radical (unpaired) electrons. The topological polar surface area (TPSA) is 43.6 Å². The summed E-state index contributed by atoms with van der Waals surface area (Å²) >= 11 is 7.48. The van der Waals surface area contributed by atoms with Gasteiger partial charge in [-0.3, -0.25) is 4.79 Å². The molecule has 4 nitrogen and oxygen atoms in total. The number of hydrogen-bond donors (Lipinski definition) is 0. The van der Waals surface area contributed by atoms with Crippen LogP contribution in [0.4, 0.5) is 0 Å². The summed E-state index contributed by atoms with van der Waals surface area (Å²) < 4.78 is 7.18. The van der Waals surface area contributed by atoms with E-state index in [1.54, 1.807) is 29.5 Å². The lowest BCUT2D eigenvalue weighted by Crippen LogP contribution is -2.15. The molecule has 0 fully saturated rings. The van der Waals surface area contributed by atoms with Crippen LogP contribution in [0.1, 0.15) is 41.7 Å². The summed E-state index contributed by atoms with van der Waals surface area (Å²) in [6.07, 6.45) is 0. The number of hydrogen-bond acceptors (Lipinski definition) is 3. The number of benzene rings is 1. The smallest absolute Gasteiger partial charge is 0.283 e. The van der Waals surface area contributed by atoms with Crippen LogP contribution in [0.15, 0.2) is 23.2 Å². The van der Waals surface area contributed by atoms with E-state index in [4.69, 9.17) is 16.3 Å². The molecule has 23 heavy (non-hydrogen) atoms. The van der Waals surface area contributed by atoms with E-state index >= 15 is 0 Å². The molecule has 2 aromatic rings. The van der Waals surface area contributed by atoms with Crippen molar-refractivity contribution in [3.8, 4) is 5.75 Å². The second-order valence-corrected chi connectivity index (χ2v) is 7.78. The van der Waals surface area contributed by atoms with Crippen molar-refractivity contribution >= 4 is 28.8 Å². The molecule has 0 atom stereocenters. The van der Waals surface area contributed by atoms with Gasteiger partial charge in [0.15, 0.2) is 4.80 Å². The van der Waals surface area contributed by atoms with Crippen molar-refractivity contribution in [1.82, 2.24) is 4.57 Å². The number of halogens is 1. The molecule has 6 heteroatoms. The third-order valence-corrected chi connectivity index (χ3v) is 5.48. The van der Waals surface area contributed by atoms with Gasteiger partial charge in [-0.1, -0.05) is 32.4 Å². The number of thiazole rings is 1. The molecule has 0 bridgehead atoms. The fraction of sp³-hybridized carbons (Fsp3) is 0.412. The fourth-order valence-electron chi connectivity index (χ4n) is 2.31. The van der Waals surface area contributed by atoms with Crippen molar-refractivity contribution in [3.05, 3.63) is 44.2 Å². The van der Waals surface area contributed by atoms with Crippen LogP contribution in [-0.2, 0) is 12.5 Å².